The van der Waals surface area contributed by atoms with Crippen LogP contribution in [0, 0.1) is 17.2 Å². The van der Waals surface area contributed by atoms with Crippen LogP contribution >= 0.6 is 0 Å². The summed E-state index contributed by atoms with van der Waals surface area (Å²) in [6.45, 7) is 5.52. The minimum Gasteiger partial charge on any atom is -0.367 e. The van der Waals surface area contributed by atoms with Crippen molar-refractivity contribution in [3.63, 3.8) is 0 Å². The number of aromatic nitrogens is 1. The predicted molar refractivity (Wildman–Crippen MR) is 86.3 cm³/mol. The Hall–Kier alpha value is -2.08. The van der Waals surface area contributed by atoms with Crippen LogP contribution in [-0.2, 0) is 0 Å². The summed E-state index contributed by atoms with van der Waals surface area (Å²) >= 11 is 0. The topological polar surface area (TPSA) is 39.9 Å². The maximum atomic E-state index is 9.49. The number of nitriles is 1. The molecule has 3 nitrogen and oxygen atoms in total. The van der Waals surface area contributed by atoms with E-state index in [0.717, 1.165) is 29.6 Å². The highest BCUT2D eigenvalue weighted by Gasteiger charge is 2.31. The van der Waals surface area contributed by atoms with Crippen LogP contribution in [0.1, 0.15) is 38.7 Å². The van der Waals surface area contributed by atoms with Crippen LogP contribution in [0.2, 0.25) is 0 Å². The lowest BCUT2D eigenvalue weighted by Crippen LogP contribution is -2.28. The third-order valence-electron chi connectivity index (χ3n) is 4.09. The van der Waals surface area contributed by atoms with Gasteiger partial charge in [0.05, 0.1) is 16.8 Å². The maximum Gasteiger partial charge on any atom is 0.103 e. The van der Waals surface area contributed by atoms with Crippen molar-refractivity contribution in [2.24, 2.45) is 5.92 Å². The molecule has 1 fully saturated rings. The Morgan fingerprint density at radius 2 is 2.10 bits per heavy atom. The van der Waals surface area contributed by atoms with Crippen LogP contribution in [0.15, 0.2) is 30.5 Å². The lowest BCUT2D eigenvalue weighted by molar-refractivity contribution is 0.571. The van der Waals surface area contributed by atoms with Crippen LogP contribution in [0.5, 0.6) is 0 Å². The minimum absolute atomic E-state index is 0.599. The zero-order valence-corrected chi connectivity index (χ0v) is 12.7. The summed E-state index contributed by atoms with van der Waals surface area (Å²) in [5.41, 5.74) is 2.76. The summed E-state index contributed by atoms with van der Waals surface area (Å²) < 4.78 is 0. The summed E-state index contributed by atoms with van der Waals surface area (Å²) in [5.74, 6) is 0.671. The highest BCUT2D eigenvalue weighted by atomic mass is 15.2. The lowest BCUT2D eigenvalue weighted by atomic mass is 10.1. The molecule has 1 aliphatic carbocycles. The van der Waals surface area contributed by atoms with E-state index in [1.54, 1.807) is 6.20 Å². The molecule has 2 aromatic rings. The van der Waals surface area contributed by atoms with E-state index in [1.165, 1.54) is 12.8 Å². The average molecular weight is 279 g/mol. The Kier molecular flexibility index (Phi) is 3.79. The van der Waals surface area contributed by atoms with Gasteiger partial charge in [0.2, 0.25) is 0 Å². The number of hydrogen-bond donors (Lipinski definition) is 0. The minimum atomic E-state index is 0.599. The standard InChI is InChI=1S/C18H21N3/c1-13(2)9-10-21(15-7-8-15)18-14(11-19)12-20-17-6-4-3-5-16(17)18/h3-6,12-13,15H,7-10H2,1-2H3. The van der Waals surface area contributed by atoms with Gasteiger partial charge in [0.25, 0.3) is 0 Å². The molecule has 1 aliphatic rings. The second-order valence-electron chi connectivity index (χ2n) is 6.26. The van der Waals surface area contributed by atoms with Crippen molar-refractivity contribution in [3.8, 4) is 6.07 Å². The third-order valence-corrected chi connectivity index (χ3v) is 4.09. The van der Waals surface area contributed by atoms with Gasteiger partial charge in [-0.3, -0.25) is 4.98 Å². The van der Waals surface area contributed by atoms with Crippen molar-refractivity contribution in [2.45, 2.75) is 39.2 Å². The quantitative estimate of drug-likeness (QED) is 0.826. The normalized spacial score (nSPS) is 14.4. The summed E-state index contributed by atoms with van der Waals surface area (Å²) in [4.78, 5) is 6.87. The van der Waals surface area contributed by atoms with Crippen molar-refractivity contribution in [2.75, 3.05) is 11.4 Å². The van der Waals surface area contributed by atoms with E-state index in [2.05, 4.69) is 35.9 Å². The predicted octanol–water partition coefficient (Wildman–Crippen LogP) is 4.12. The van der Waals surface area contributed by atoms with Gasteiger partial charge in [0, 0.05) is 24.2 Å². The van der Waals surface area contributed by atoms with Crippen LogP contribution in [0.3, 0.4) is 0 Å². The molecule has 0 radical (unpaired) electrons. The number of rotatable bonds is 5. The molecule has 0 aliphatic heterocycles. The summed E-state index contributed by atoms with van der Waals surface area (Å²) in [6, 6.07) is 11.1. The lowest BCUT2D eigenvalue weighted by Gasteiger charge is -2.27. The van der Waals surface area contributed by atoms with Crippen LogP contribution in [0.4, 0.5) is 5.69 Å². The first-order valence-electron chi connectivity index (χ1n) is 7.75. The van der Waals surface area contributed by atoms with E-state index >= 15 is 0 Å². The molecule has 0 bridgehead atoms. The fourth-order valence-corrected chi connectivity index (χ4v) is 2.78. The molecule has 0 amide bonds. The van der Waals surface area contributed by atoms with Crippen molar-refractivity contribution in [1.29, 1.82) is 5.26 Å². The van der Waals surface area contributed by atoms with E-state index in [0.29, 0.717) is 17.5 Å². The number of nitrogens with zero attached hydrogens (tertiary/aromatic N) is 3. The summed E-state index contributed by atoms with van der Waals surface area (Å²) in [7, 11) is 0. The van der Waals surface area contributed by atoms with Gasteiger partial charge >= 0.3 is 0 Å². The van der Waals surface area contributed by atoms with E-state index in [9.17, 15) is 5.26 Å². The fourth-order valence-electron chi connectivity index (χ4n) is 2.78. The molecule has 0 N–H and O–H groups in total. The molecule has 1 saturated carbocycles. The Balaban J connectivity index is 2.09. The summed E-state index contributed by atoms with van der Waals surface area (Å²) in [5, 5.41) is 10.6. The Bertz CT molecular complexity index is 680. The maximum absolute atomic E-state index is 9.49. The molecule has 0 saturated heterocycles. The molecule has 0 atom stereocenters. The van der Waals surface area contributed by atoms with Gasteiger partial charge in [0.15, 0.2) is 0 Å². The molecule has 0 spiro atoms. The largest absolute Gasteiger partial charge is 0.367 e. The number of pyridine rings is 1. The summed E-state index contributed by atoms with van der Waals surface area (Å²) in [6.07, 6.45) is 5.35. The molecular weight excluding hydrogens is 258 g/mol. The average Bonchev–Trinajstić information content (AvgIpc) is 3.32. The van der Waals surface area contributed by atoms with Crippen molar-refractivity contribution < 1.29 is 0 Å². The Morgan fingerprint density at radius 1 is 1.33 bits per heavy atom. The number of benzene rings is 1. The number of fused-ring (bicyclic) bond motifs is 1. The van der Waals surface area contributed by atoms with E-state index in [-0.39, 0.29) is 0 Å². The van der Waals surface area contributed by atoms with E-state index < -0.39 is 0 Å². The molecule has 3 heteroatoms. The molecule has 1 aromatic heterocycles. The van der Waals surface area contributed by atoms with Crippen molar-refractivity contribution in [3.05, 3.63) is 36.0 Å². The first kappa shape index (κ1) is 13.9. The van der Waals surface area contributed by atoms with Crippen LogP contribution < -0.4 is 4.90 Å². The van der Waals surface area contributed by atoms with Gasteiger partial charge in [-0.25, -0.2) is 0 Å². The van der Waals surface area contributed by atoms with Gasteiger partial charge in [-0.2, -0.15) is 5.26 Å². The smallest absolute Gasteiger partial charge is 0.103 e. The molecule has 1 heterocycles. The zero-order valence-electron chi connectivity index (χ0n) is 12.7. The van der Waals surface area contributed by atoms with Gasteiger partial charge in [-0.15, -0.1) is 0 Å². The molecular formula is C18H21N3. The van der Waals surface area contributed by atoms with Gasteiger partial charge in [-0.05, 0) is 31.2 Å². The number of anilines is 1. The van der Waals surface area contributed by atoms with Crippen molar-refractivity contribution in [1.82, 2.24) is 4.98 Å². The number of para-hydroxylation sites is 1. The Labute approximate surface area is 126 Å². The Morgan fingerprint density at radius 3 is 2.76 bits per heavy atom. The van der Waals surface area contributed by atoms with E-state index in [4.69, 9.17) is 0 Å². The van der Waals surface area contributed by atoms with Crippen LogP contribution in [0.25, 0.3) is 10.9 Å². The molecule has 3 rings (SSSR count). The SMILES string of the molecule is CC(C)CCN(c1c(C#N)cnc2ccccc12)C1CC1. The molecule has 1 aromatic carbocycles. The first-order valence-corrected chi connectivity index (χ1v) is 7.75. The molecule has 108 valence electrons. The highest BCUT2D eigenvalue weighted by molar-refractivity contribution is 5.94. The highest BCUT2D eigenvalue weighted by Crippen LogP contribution is 2.37. The second-order valence-corrected chi connectivity index (χ2v) is 6.26. The van der Waals surface area contributed by atoms with Gasteiger partial charge in [0.1, 0.15) is 6.07 Å². The second kappa shape index (κ2) is 5.73. The first-order chi connectivity index (χ1) is 10.2. The third kappa shape index (κ3) is 2.85. The number of hydrogen-bond acceptors (Lipinski definition) is 3. The van der Waals surface area contributed by atoms with Gasteiger partial charge < -0.3 is 4.90 Å². The molecule has 21 heavy (non-hydrogen) atoms. The van der Waals surface area contributed by atoms with Gasteiger partial charge in [-0.1, -0.05) is 32.0 Å². The molecule has 0 unspecified atom stereocenters. The fraction of sp³-hybridized carbons (Fsp3) is 0.444. The monoisotopic (exact) mass is 279 g/mol. The zero-order chi connectivity index (χ0) is 14.8. The van der Waals surface area contributed by atoms with E-state index in [1.807, 2.05) is 18.2 Å². The van der Waals surface area contributed by atoms with Crippen LogP contribution in [-0.4, -0.2) is 17.6 Å². The van der Waals surface area contributed by atoms with Crippen molar-refractivity contribution >= 4 is 16.6 Å².